The van der Waals surface area contributed by atoms with Crippen LogP contribution in [0.4, 0.5) is 5.69 Å². The first-order valence-corrected chi connectivity index (χ1v) is 7.39. The first kappa shape index (κ1) is 15.0. The second-order valence-corrected chi connectivity index (χ2v) is 5.84. The van der Waals surface area contributed by atoms with E-state index in [-0.39, 0.29) is 5.91 Å². The second kappa shape index (κ2) is 6.86. The average Bonchev–Trinajstić information content (AvgIpc) is 2.43. The molecule has 1 aliphatic heterocycles. The summed E-state index contributed by atoms with van der Waals surface area (Å²) in [6, 6.07) is 8.72. The number of rotatable bonds is 4. The number of nitrogens with one attached hydrogen (secondary N) is 1. The molecule has 0 bridgehead atoms. The molecule has 0 radical (unpaired) electrons. The third-order valence-corrected chi connectivity index (χ3v) is 4.10. The molecular formula is C16H25N3O. The quantitative estimate of drug-likeness (QED) is 0.885. The maximum atomic E-state index is 11.0. The summed E-state index contributed by atoms with van der Waals surface area (Å²) < 4.78 is 0. The predicted molar refractivity (Wildman–Crippen MR) is 82.4 cm³/mol. The average molecular weight is 275 g/mol. The molecule has 2 rings (SSSR count). The lowest BCUT2D eigenvalue weighted by Crippen LogP contribution is -2.43. The Hall–Kier alpha value is -1.39. The van der Waals surface area contributed by atoms with Crippen molar-refractivity contribution >= 4 is 11.6 Å². The Morgan fingerprint density at radius 1 is 1.35 bits per heavy atom. The van der Waals surface area contributed by atoms with Crippen molar-refractivity contribution < 1.29 is 4.79 Å². The Balaban J connectivity index is 1.96. The standard InChI is InChI=1S/C16H25N3O/c1-12-3-4-15(9-17)11-19(12)10-14-5-7-16(8-6-14)18-13(2)20/h5-8,12,15H,3-4,9-11,17H2,1-2H3,(H,18,20). The van der Waals surface area contributed by atoms with Crippen LogP contribution in [0.25, 0.3) is 0 Å². The molecule has 4 nitrogen and oxygen atoms in total. The summed E-state index contributed by atoms with van der Waals surface area (Å²) in [5.41, 5.74) is 7.94. The Labute approximate surface area is 121 Å². The highest BCUT2D eigenvalue weighted by Crippen LogP contribution is 2.23. The maximum Gasteiger partial charge on any atom is 0.221 e. The lowest BCUT2D eigenvalue weighted by Gasteiger charge is -2.37. The van der Waals surface area contributed by atoms with E-state index < -0.39 is 0 Å². The van der Waals surface area contributed by atoms with E-state index in [4.69, 9.17) is 5.73 Å². The zero-order valence-electron chi connectivity index (χ0n) is 12.4. The van der Waals surface area contributed by atoms with Gasteiger partial charge in [0.15, 0.2) is 0 Å². The molecule has 2 unspecified atom stereocenters. The van der Waals surface area contributed by atoms with Gasteiger partial charge in [0, 0.05) is 31.7 Å². The number of anilines is 1. The number of hydrogen-bond acceptors (Lipinski definition) is 3. The molecule has 0 saturated carbocycles. The summed E-state index contributed by atoms with van der Waals surface area (Å²) >= 11 is 0. The lowest BCUT2D eigenvalue weighted by molar-refractivity contribution is -0.114. The number of nitrogens with two attached hydrogens (primary N) is 1. The molecule has 1 fully saturated rings. The van der Waals surface area contributed by atoms with Crippen LogP contribution in [-0.2, 0) is 11.3 Å². The van der Waals surface area contributed by atoms with Gasteiger partial charge >= 0.3 is 0 Å². The van der Waals surface area contributed by atoms with Crippen LogP contribution >= 0.6 is 0 Å². The van der Waals surface area contributed by atoms with Crippen molar-refractivity contribution in [3.8, 4) is 0 Å². The van der Waals surface area contributed by atoms with Gasteiger partial charge in [0.25, 0.3) is 0 Å². The molecular weight excluding hydrogens is 250 g/mol. The number of piperidine rings is 1. The molecule has 1 aromatic carbocycles. The minimum atomic E-state index is -0.0341. The van der Waals surface area contributed by atoms with Crippen LogP contribution in [0.5, 0.6) is 0 Å². The summed E-state index contributed by atoms with van der Waals surface area (Å²) in [5, 5.41) is 2.79. The molecule has 20 heavy (non-hydrogen) atoms. The molecule has 0 spiro atoms. The summed E-state index contributed by atoms with van der Waals surface area (Å²) in [6.45, 7) is 6.64. The van der Waals surface area contributed by atoms with Gasteiger partial charge in [-0.25, -0.2) is 0 Å². The highest BCUT2D eigenvalue weighted by atomic mass is 16.1. The van der Waals surface area contributed by atoms with Crippen LogP contribution in [0.1, 0.15) is 32.3 Å². The number of nitrogens with zero attached hydrogens (tertiary/aromatic N) is 1. The smallest absolute Gasteiger partial charge is 0.221 e. The fraction of sp³-hybridized carbons (Fsp3) is 0.562. The minimum absolute atomic E-state index is 0.0341. The number of likely N-dealkylation sites (tertiary alicyclic amines) is 1. The Morgan fingerprint density at radius 3 is 2.65 bits per heavy atom. The van der Waals surface area contributed by atoms with Crippen molar-refractivity contribution in [3.63, 3.8) is 0 Å². The van der Waals surface area contributed by atoms with Crippen LogP contribution < -0.4 is 11.1 Å². The molecule has 1 saturated heterocycles. The highest BCUT2D eigenvalue weighted by molar-refractivity contribution is 5.88. The van der Waals surface area contributed by atoms with Crippen molar-refractivity contribution in [1.29, 1.82) is 0 Å². The first-order valence-electron chi connectivity index (χ1n) is 7.39. The molecule has 1 amide bonds. The lowest BCUT2D eigenvalue weighted by atomic mass is 9.93. The number of benzene rings is 1. The molecule has 3 N–H and O–H groups in total. The van der Waals surface area contributed by atoms with E-state index in [1.807, 2.05) is 12.1 Å². The Bertz CT molecular complexity index is 444. The van der Waals surface area contributed by atoms with Gasteiger partial charge in [-0.05, 0) is 49.9 Å². The van der Waals surface area contributed by atoms with E-state index >= 15 is 0 Å². The fourth-order valence-electron chi connectivity index (χ4n) is 2.81. The Kier molecular flexibility index (Phi) is 5.15. The third-order valence-electron chi connectivity index (χ3n) is 4.10. The van der Waals surface area contributed by atoms with Crippen LogP contribution in [0.2, 0.25) is 0 Å². The zero-order chi connectivity index (χ0) is 14.5. The van der Waals surface area contributed by atoms with Gasteiger partial charge in [0.2, 0.25) is 5.91 Å². The van der Waals surface area contributed by atoms with E-state index in [0.717, 1.165) is 25.3 Å². The van der Waals surface area contributed by atoms with E-state index in [9.17, 15) is 4.79 Å². The van der Waals surface area contributed by atoms with Crippen LogP contribution in [0, 0.1) is 5.92 Å². The van der Waals surface area contributed by atoms with Gasteiger partial charge in [0.1, 0.15) is 0 Å². The van der Waals surface area contributed by atoms with Crippen molar-refractivity contribution in [2.45, 2.75) is 39.3 Å². The molecule has 0 aromatic heterocycles. The summed E-state index contributed by atoms with van der Waals surface area (Å²) in [4.78, 5) is 13.5. The monoisotopic (exact) mass is 275 g/mol. The predicted octanol–water partition coefficient (Wildman–Crippen LogP) is 2.20. The van der Waals surface area contributed by atoms with Gasteiger partial charge in [-0.1, -0.05) is 12.1 Å². The second-order valence-electron chi connectivity index (χ2n) is 5.84. The number of hydrogen-bond donors (Lipinski definition) is 2. The maximum absolute atomic E-state index is 11.0. The molecule has 2 atom stereocenters. The van der Waals surface area contributed by atoms with Crippen molar-refractivity contribution in [3.05, 3.63) is 29.8 Å². The minimum Gasteiger partial charge on any atom is -0.330 e. The van der Waals surface area contributed by atoms with Gasteiger partial charge in [-0.2, -0.15) is 0 Å². The molecule has 0 aliphatic carbocycles. The van der Waals surface area contributed by atoms with Gasteiger partial charge in [-0.3, -0.25) is 9.69 Å². The first-order chi connectivity index (χ1) is 9.58. The third kappa shape index (κ3) is 4.05. The van der Waals surface area contributed by atoms with E-state index in [2.05, 4.69) is 29.3 Å². The zero-order valence-corrected chi connectivity index (χ0v) is 12.4. The van der Waals surface area contributed by atoms with Gasteiger partial charge < -0.3 is 11.1 Å². The topological polar surface area (TPSA) is 58.4 Å². The van der Waals surface area contributed by atoms with E-state index in [1.54, 1.807) is 0 Å². The fourth-order valence-corrected chi connectivity index (χ4v) is 2.81. The van der Waals surface area contributed by atoms with Crippen molar-refractivity contribution in [2.24, 2.45) is 11.7 Å². The summed E-state index contributed by atoms with van der Waals surface area (Å²) in [7, 11) is 0. The molecule has 1 aliphatic rings. The van der Waals surface area contributed by atoms with Gasteiger partial charge in [0.05, 0.1) is 0 Å². The molecule has 1 aromatic rings. The normalized spacial score (nSPS) is 23.6. The SMILES string of the molecule is CC(=O)Nc1ccc(CN2CC(CN)CCC2C)cc1. The summed E-state index contributed by atoms with van der Waals surface area (Å²) in [5.74, 6) is 0.595. The molecule has 110 valence electrons. The van der Waals surface area contributed by atoms with Crippen LogP contribution in [0.15, 0.2) is 24.3 Å². The number of amides is 1. The Morgan fingerprint density at radius 2 is 2.05 bits per heavy atom. The van der Waals surface area contributed by atoms with E-state index in [0.29, 0.717) is 12.0 Å². The van der Waals surface area contributed by atoms with E-state index in [1.165, 1.54) is 25.3 Å². The molecule has 1 heterocycles. The largest absolute Gasteiger partial charge is 0.330 e. The van der Waals surface area contributed by atoms with Crippen molar-refractivity contribution in [2.75, 3.05) is 18.4 Å². The highest BCUT2D eigenvalue weighted by Gasteiger charge is 2.24. The van der Waals surface area contributed by atoms with Gasteiger partial charge in [-0.15, -0.1) is 0 Å². The number of carbonyl (C=O) groups excluding carboxylic acids is 1. The summed E-state index contributed by atoms with van der Waals surface area (Å²) in [6.07, 6.45) is 2.47. The van der Waals surface area contributed by atoms with Crippen molar-refractivity contribution in [1.82, 2.24) is 4.90 Å². The molecule has 4 heteroatoms. The van der Waals surface area contributed by atoms with Crippen LogP contribution in [-0.4, -0.2) is 29.9 Å². The number of carbonyl (C=O) groups is 1. The van der Waals surface area contributed by atoms with Crippen LogP contribution in [0.3, 0.4) is 0 Å².